The molecule has 1 aromatic rings. The number of nitrogens with one attached hydrogen (secondary N) is 1. The average Bonchev–Trinajstić information content (AvgIpc) is 2.46. The molecule has 0 spiro atoms. The monoisotopic (exact) mass is 347 g/mol. The molecule has 136 valence electrons. The third kappa shape index (κ3) is 6.78. The highest BCUT2D eigenvalue weighted by molar-refractivity contribution is 5.68. The van der Waals surface area contributed by atoms with E-state index in [1.54, 1.807) is 20.8 Å². The molecular weight excluding hydrogens is 323 g/mol. The molecule has 0 saturated heterocycles. The summed E-state index contributed by atoms with van der Waals surface area (Å²) in [7, 11) is 0. The first-order valence-electron chi connectivity index (χ1n) is 7.83. The minimum absolute atomic E-state index is 0.0462. The number of amides is 1. The zero-order chi connectivity index (χ0) is 18.3. The summed E-state index contributed by atoms with van der Waals surface area (Å²) in [6.45, 7) is 7.63. The molecule has 0 saturated carbocycles. The highest BCUT2D eigenvalue weighted by atomic mass is 19.2. The Balaban J connectivity index is 2.82. The lowest BCUT2D eigenvalue weighted by atomic mass is 10.1. The number of rotatable bonds is 7. The van der Waals surface area contributed by atoms with E-state index in [1.165, 1.54) is 0 Å². The van der Waals surface area contributed by atoms with Gasteiger partial charge >= 0.3 is 6.09 Å². The van der Waals surface area contributed by atoms with Crippen LogP contribution in [-0.4, -0.2) is 30.9 Å². The molecule has 0 aliphatic rings. The van der Waals surface area contributed by atoms with Crippen LogP contribution in [0.1, 0.15) is 39.7 Å². The van der Waals surface area contributed by atoms with Gasteiger partial charge in [-0.2, -0.15) is 0 Å². The number of alkyl carbamates (subject to hydrolysis) is 1. The fraction of sp³-hybridized carbons (Fsp3) is 0.588. The molecule has 0 fully saturated rings. The Hall–Kier alpha value is -1.76. The molecule has 0 bridgehead atoms. The summed E-state index contributed by atoms with van der Waals surface area (Å²) in [4.78, 5) is 11.9. The second kappa shape index (κ2) is 8.92. The van der Waals surface area contributed by atoms with Crippen LogP contribution in [0.5, 0.6) is 0 Å². The van der Waals surface area contributed by atoms with E-state index in [1.807, 2.05) is 6.92 Å². The largest absolute Gasteiger partial charge is 0.444 e. The molecule has 1 atom stereocenters. The molecule has 0 aromatic heterocycles. The van der Waals surface area contributed by atoms with Crippen LogP contribution in [0.25, 0.3) is 0 Å². The fourth-order valence-corrected chi connectivity index (χ4v) is 1.98. The Bertz CT molecular complexity index is 559. The molecule has 0 aliphatic heterocycles. The second-order valence-corrected chi connectivity index (χ2v) is 6.46. The minimum atomic E-state index is -1.53. The van der Waals surface area contributed by atoms with E-state index >= 15 is 0 Å². The first-order chi connectivity index (χ1) is 11.1. The third-order valence-corrected chi connectivity index (χ3v) is 2.97. The Kier molecular flexibility index (Phi) is 7.54. The molecule has 1 rings (SSSR count). The lowest BCUT2D eigenvalue weighted by Gasteiger charge is -2.24. The van der Waals surface area contributed by atoms with Gasteiger partial charge in [0.25, 0.3) is 0 Å². The van der Waals surface area contributed by atoms with Gasteiger partial charge in [-0.25, -0.2) is 18.0 Å². The van der Waals surface area contributed by atoms with E-state index < -0.39 is 35.2 Å². The Morgan fingerprint density at radius 3 is 2.46 bits per heavy atom. The zero-order valence-corrected chi connectivity index (χ0v) is 14.4. The van der Waals surface area contributed by atoms with E-state index in [9.17, 15) is 18.0 Å². The molecule has 7 heteroatoms. The zero-order valence-electron chi connectivity index (χ0n) is 14.4. The van der Waals surface area contributed by atoms with Crippen molar-refractivity contribution in [1.82, 2.24) is 5.32 Å². The van der Waals surface area contributed by atoms with Crippen molar-refractivity contribution in [3.05, 3.63) is 35.1 Å². The maximum atomic E-state index is 13.8. The number of halogens is 3. The van der Waals surface area contributed by atoms with Gasteiger partial charge in [0.2, 0.25) is 0 Å². The van der Waals surface area contributed by atoms with Crippen LogP contribution >= 0.6 is 0 Å². The smallest absolute Gasteiger partial charge is 0.407 e. The van der Waals surface area contributed by atoms with Gasteiger partial charge in [0.15, 0.2) is 17.5 Å². The quantitative estimate of drug-likeness (QED) is 0.600. The van der Waals surface area contributed by atoms with Crippen LogP contribution in [0.15, 0.2) is 12.1 Å². The molecular formula is C17H24F3NO3. The van der Waals surface area contributed by atoms with Crippen LogP contribution < -0.4 is 5.32 Å². The highest BCUT2D eigenvalue weighted by Gasteiger charge is 2.22. The van der Waals surface area contributed by atoms with E-state index in [0.29, 0.717) is 6.61 Å². The van der Waals surface area contributed by atoms with E-state index in [4.69, 9.17) is 9.47 Å². The van der Waals surface area contributed by atoms with Crippen LogP contribution in [0, 0.1) is 17.5 Å². The number of carbonyl (C=O) groups is 1. The van der Waals surface area contributed by atoms with E-state index in [0.717, 1.165) is 18.6 Å². The van der Waals surface area contributed by atoms with Crippen molar-refractivity contribution in [1.29, 1.82) is 0 Å². The molecule has 4 nitrogen and oxygen atoms in total. The molecule has 1 aromatic carbocycles. The predicted molar refractivity (Wildman–Crippen MR) is 84.3 cm³/mol. The summed E-state index contributed by atoms with van der Waals surface area (Å²) in [6, 6.07) is 1.37. The van der Waals surface area contributed by atoms with Crippen molar-refractivity contribution in [3.8, 4) is 0 Å². The van der Waals surface area contributed by atoms with Crippen molar-refractivity contribution in [2.24, 2.45) is 0 Å². The molecule has 0 heterocycles. The number of carbonyl (C=O) groups excluding carboxylic acids is 1. The topological polar surface area (TPSA) is 47.6 Å². The van der Waals surface area contributed by atoms with Crippen molar-refractivity contribution in [2.45, 2.75) is 52.2 Å². The van der Waals surface area contributed by atoms with Crippen molar-refractivity contribution < 1.29 is 27.4 Å². The number of hydrogen-bond donors (Lipinski definition) is 1. The molecule has 0 unspecified atom stereocenters. The molecule has 1 N–H and O–H groups in total. The van der Waals surface area contributed by atoms with Gasteiger partial charge in [-0.05, 0) is 45.2 Å². The van der Waals surface area contributed by atoms with Crippen molar-refractivity contribution >= 4 is 6.09 Å². The number of hydrogen-bond acceptors (Lipinski definition) is 3. The minimum Gasteiger partial charge on any atom is -0.444 e. The Morgan fingerprint density at radius 1 is 1.21 bits per heavy atom. The van der Waals surface area contributed by atoms with Gasteiger partial charge in [-0.1, -0.05) is 13.0 Å². The van der Waals surface area contributed by atoms with Gasteiger partial charge in [0.1, 0.15) is 5.60 Å². The summed E-state index contributed by atoms with van der Waals surface area (Å²) >= 11 is 0. The average molecular weight is 347 g/mol. The summed E-state index contributed by atoms with van der Waals surface area (Å²) in [5.41, 5.74) is -0.735. The molecule has 24 heavy (non-hydrogen) atoms. The van der Waals surface area contributed by atoms with Crippen LogP contribution in [0.2, 0.25) is 0 Å². The van der Waals surface area contributed by atoms with Crippen molar-refractivity contribution in [3.63, 3.8) is 0 Å². The molecule has 1 amide bonds. The standard InChI is InChI=1S/C17H24F3NO3/c1-5-8-23-10-12(21-16(22)24-17(2,3)4)9-11-6-7-13(18)15(20)14(11)19/h6-7,12H,5,8-10H2,1-4H3,(H,21,22)/t12-/m0/s1. The molecule has 0 radical (unpaired) electrons. The maximum Gasteiger partial charge on any atom is 0.407 e. The van der Waals surface area contributed by atoms with E-state index in [2.05, 4.69) is 5.32 Å². The lowest BCUT2D eigenvalue weighted by Crippen LogP contribution is -2.43. The van der Waals surface area contributed by atoms with Gasteiger partial charge in [-0.15, -0.1) is 0 Å². The first kappa shape index (κ1) is 20.3. The summed E-state index contributed by atoms with van der Waals surface area (Å²) in [5, 5.41) is 2.57. The predicted octanol–water partition coefficient (Wildman–Crippen LogP) is 3.97. The first-order valence-corrected chi connectivity index (χ1v) is 7.83. The van der Waals surface area contributed by atoms with Gasteiger partial charge < -0.3 is 14.8 Å². The van der Waals surface area contributed by atoms with Crippen LogP contribution in [0.4, 0.5) is 18.0 Å². The number of benzene rings is 1. The maximum absolute atomic E-state index is 13.8. The number of ether oxygens (including phenoxy) is 2. The van der Waals surface area contributed by atoms with Gasteiger partial charge in [0, 0.05) is 6.61 Å². The van der Waals surface area contributed by atoms with E-state index in [-0.39, 0.29) is 18.6 Å². The second-order valence-electron chi connectivity index (χ2n) is 6.46. The summed E-state index contributed by atoms with van der Waals surface area (Å²) < 4.78 is 50.7. The molecule has 0 aliphatic carbocycles. The lowest BCUT2D eigenvalue weighted by molar-refractivity contribution is 0.0442. The third-order valence-electron chi connectivity index (χ3n) is 2.97. The summed E-state index contributed by atoms with van der Waals surface area (Å²) in [6.07, 6.45) is 0.0422. The highest BCUT2D eigenvalue weighted by Crippen LogP contribution is 2.17. The summed E-state index contributed by atoms with van der Waals surface area (Å²) in [5.74, 6) is -4.05. The van der Waals surface area contributed by atoms with Gasteiger partial charge in [-0.3, -0.25) is 0 Å². The van der Waals surface area contributed by atoms with Crippen LogP contribution in [-0.2, 0) is 15.9 Å². The van der Waals surface area contributed by atoms with Crippen LogP contribution in [0.3, 0.4) is 0 Å². The fourth-order valence-electron chi connectivity index (χ4n) is 1.98. The van der Waals surface area contributed by atoms with Crippen molar-refractivity contribution in [2.75, 3.05) is 13.2 Å². The Morgan fingerprint density at radius 2 is 1.88 bits per heavy atom. The normalized spacial score (nSPS) is 12.8. The SMILES string of the molecule is CCCOC[C@H](Cc1ccc(F)c(F)c1F)NC(=O)OC(C)(C)C. The van der Waals surface area contributed by atoms with Gasteiger partial charge in [0.05, 0.1) is 12.6 Å². The Labute approximate surface area is 140 Å².